The predicted octanol–water partition coefficient (Wildman–Crippen LogP) is 15.1. The maximum Gasteiger partial charge on any atom is 0.280 e. The minimum atomic E-state index is -2.98. The smallest absolute Gasteiger partial charge is 0.280 e. The first kappa shape index (κ1) is 104. The van der Waals surface area contributed by atoms with Gasteiger partial charge in [0.1, 0.15) is 46.0 Å². The Morgan fingerprint density at radius 2 is 0.731 bits per heavy atom. The molecule has 8 aromatic rings. The number of halogens is 2. The fourth-order valence-electron chi connectivity index (χ4n) is 16.6. The average molecular weight is 1930 g/mol. The lowest BCUT2D eigenvalue weighted by Gasteiger charge is -2.39. The molecule has 5 saturated heterocycles. The van der Waals surface area contributed by atoms with Gasteiger partial charge in [-0.15, -0.1) is 45.3 Å². The second kappa shape index (κ2) is 42.2. The zero-order valence-electron chi connectivity index (χ0n) is 81.4. The van der Waals surface area contributed by atoms with Gasteiger partial charge in [-0.1, -0.05) is 0 Å². The summed E-state index contributed by atoms with van der Waals surface area (Å²) in [6.45, 7) is 43.6. The lowest BCUT2D eigenvalue weighted by atomic mass is 9.78. The molecular formula is C96H134F2N20O12S4. The van der Waals surface area contributed by atoms with Crippen molar-refractivity contribution in [3.8, 4) is 41.8 Å². The van der Waals surface area contributed by atoms with Gasteiger partial charge < -0.3 is 82.6 Å². The number of nitrogens with zero attached hydrogens (tertiary/aromatic N) is 12. The van der Waals surface area contributed by atoms with E-state index in [2.05, 4.69) is 89.3 Å². The summed E-state index contributed by atoms with van der Waals surface area (Å²) in [7, 11) is 0. The van der Waals surface area contributed by atoms with Crippen LogP contribution in [0.3, 0.4) is 0 Å². The summed E-state index contributed by atoms with van der Waals surface area (Å²) in [4.78, 5) is 150. The Hall–Kier alpha value is -10.2. The number of likely N-dealkylation sites (tertiary alicyclic amines) is 3. The fraction of sp³-hybridized carbons (Fsp3) is 0.583. The van der Waals surface area contributed by atoms with Crippen LogP contribution in [0.4, 0.5) is 32.1 Å². The van der Waals surface area contributed by atoms with Crippen molar-refractivity contribution in [2.75, 3.05) is 67.1 Å². The van der Waals surface area contributed by atoms with Crippen molar-refractivity contribution in [3.05, 3.63) is 114 Å². The molecule has 32 nitrogen and oxygen atoms in total. The van der Waals surface area contributed by atoms with Crippen LogP contribution < -0.4 is 42.5 Å². The molecule has 1 saturated carbocycles. The van der Waals surface area contributed by atoms with Gasteiger partial charge in [-0.25, -0.2) is 48.7 Å². The molecule has 12 N–H and O–H groups in total. The van der Waals surface area contributed by atoms with Crippen molar-refractivity contribution < 1.29 is 67.6 Å². The Bertz CT molecular complexity index is 5600. The molecule has 134 heavy (non-hydrogen) atoms. The zero-order valence-corrected chi connectivity index (χ0v) is 84.7. The standard InChI is InChI=1S/C25H35N5O3S.C24H33F2N5O3S.C24H33N5O3S.C23H33N5O3S/c1-15-12-18(29-25(5)9-7-10-25)26-13-17(15)20-19(23(32)30-11-6-8-16(30)2)28-22(34-20)21(31)27-14-24(3,4)33;1-13-8-16(30-22(3,4)5)27-10-15(13)18-17(21(33)31-12-24(25,26)9-14(31)2)29-20(35-18)19(32)28-11-23(6,7)34;1-13(2)27-18-10-14(3)17(11-25-18)20-19(23(31)29-15-6-7-16(29)9-8-15)28-22(33-20)21(30)26-12-24(4,5)32;1-13(2)26-17-10-14(3)16(11-24-17)19-18(22(30)28-9-7-8-15(28)4)27-21(32-19)20(29)25-12-23(5,6)31/h12-13,16,33H,6-11,14H2,1-5H3,(H,26,29)(H,27,31);8,10,14,34H,9,11-12H2,1-7H3,(H,27,30)(H,28,32);10-11,13,15-16,32H,6-9,12H2,1-5H3,(H,25,27)(H,26,30);10-11,13,15,31H,7-9,12H2,1-6H3,(H,24,26)(H,25,29)/t16-;14-;;15-/m00.0/s1. The summed E-state index contributed by atoms with van der Waals surface area (Å²) in [5, 5.41) is 64.5. The van der Waals surface area contributed by atoms with Crippen LogP contribution >= 0.6 is 45.3 Å². The van der Waals surface area contributed by atoms with Crippen LogP contribution in [0.25, 0.3) is 41.8 Å². The van der Waals surface area contributed by atoms with Crippen LogP contribution in [-0.2, 0) is 0 Å². The Labute approximate surface area is 800 Å². The summed E-state index contributed by atoms with van der Waals surface area (Å²) < 4.78 is 28.0. The Kier molecular flexibility index (Phi) is 32.8. The minimum absolute atomic E-state index is 0.00232. The Morgan fingerprint density at radius 1 is 0.433 bits per heavy atom. The number of pyridine rings is 4. The number of carbonyl (C=O) groups excluding carboxylic acids is 8. The number of alkyl halides is 2. The van der Waals surface area contributed by atoms with E-state index in [0.717, 1.165) is 137 Å². The molecule has 6 aliphatic rings. The van der Waals surface area contributed by atoms with Gasteiger partial charge in [0.05, 0.1) is 48.5 Å². The van der Waals surface area contributed by atoms with Crippen molar-refractivity contribution in [2.45, 2.75) is 318 Å². The fourth-order valence-corrected chi connectivity index (χ4v) is 20.8. The number of aryl methyl sites for hydroxylation is 4. The van der Waals surface area contributed by atoms with Gasteiger partial charge in [0.25, 0.3) is 53.2 Å². The van der Waals surface area contributed by atoms with Gasteiger partial charge in [-0.2, -0.15) is 0 Å². The van der Waals surface area contributed by atoms with Gasteiger partial charge in [0.2, 0.25) is 0 Å². The quantitative estimate of drug-likeness (QED) is 0.0227. The molecule has 3 atom stereocenters. The number of anilines is 4. The summed E-state index contributed by atoms with van der Waals surface area (Å²) in [5.41, 5.74) is 3.09. The van der Waals surface area contributed by atoms with Crippen molar-refractivity contribution in [3.63, 3.8) is 0 Å². The molecule has 0 aromatic carbocycles. The minimum Gasteiger partial charge on any atom is -0.389 e. The lowest BCUT2D eigenvalue weighted by molar-refractivity contribution is 0.0117. The van der Waals surface area contributed by atoms with Gasteiger partial charge in [-0.05, 0) is 276 Å². The zero-order chi connectivity index (χ0) is 98.6. The maximum atomic E-state index is 14.0. The number of thiazole rings is 4. The predicted molar refractivity (Wildman–Crippen MR) is 523 cm³/mol. The monoisotopic (exact) mass is 1920 g/mol. The van der Waals surface area contributed by atoms with Gasteiger partial charge in [0, 0.05) is 146 Å². The number of amides is 8. The van der Waals surface area contributed by atoms with E-state index >= 15 is 0 Å². The summed E-state index contributed by atoms with van der Waals surface area (Å²) in [6.07, 6.45) is 17.9. The van der Waals surface area contributed by atoms with E-state index in [1.165, 1.54) is 40.4 Å². The highest BCUT2D eigenvalue weighted by molar-refractivity contribution is 7.18. The van der Waals surface area contributed by atoms with Crippen LogP contribution in [0.5, 0.6) is 0 Å². The van der Waals surface area contributed by atoms with Crippen LogP contribution in [0.15, 0.2) is 49.1 Å². The van der Waals surface area contributed by atoms with E-state index in [9.17, 15) is 67.6 Å². The average Bonchev–Trinajstić information content (AvgIpc) is 1.61. The van der Waals surface area contributed by atoms with Crippen molar-refractivity contribution in [1.82, 2.24) is 80.7 Å². The first-order valence-corrected chi connectivity index (χ1v) is 49.3. The highest BCUT2D eigenvalue weighted by atomic mass is 32.1. The van der Waals surface area contributed by atoms with Crippen LogP contribution in [-0.4, -0.2) is 255 Å². The SMILES string of the molecule is Cc1cc(NC(C)(C)C)ncc1-c1sc(C(=O)NCC(C)(C)O)nc1C(=O)N1CC(F)(F)C[C@@H]1C.Cc1cc(NC(C)C)ncc1-c1sc(C(=O)NCC(C)(C)O)nc1C(=O)N1C2CCC1CC2.Cc1cc(NC(C)C)ncc1-c1sc(C(=O)NCC(C)(C)O)nc1C(=O)N1CCC[C@@H]1C.Cc1cc(NC2(C)CCC2)ncc1-c1sc(C(=O)NCC(C)(C)O)nc1C(=O)N1CCC[C@@H]1C. The molecular weight excluding hydrogens is 1790 g/mol. The van der Waals surface area contributed by atoms with E-state index in [1.807, 2.05) is 129 Å². The van der Waals surface area contributed by atoms with Crippen LogP contribution in [0.2, 0.25) is 0 Å². The first-order valence-electron chi connectivity index (χ1n) is 46.1. The number of hydrogen-bond acceptors (Lipinski definition) is 28. The van der Waals surface area contributed by atoms with Crippen LogP contribution in [0.1, 0.15) is 312 Å². The number of rotatable bonds is 27. The van der Waals surface area contributed by atoms with Crippen molar-refractivity contribution in [2.24, 2.45) is 0 Å². The second-order valence-electron chi connectivity index (χ2n) is 40.8. The highest BCUT2D eigenvalue weighted by Gasteiger charge is 2.48. The normalized spacial score (nSPS) is 18.5. The molecule has 2 bridgehead atoms. The summed E-state index contributed by atoms with van der Waals surface area (Å²) in [5.74, 6) is -2.81. The molecule has 1 aliphatic carbocycles. The number of aliphatic hydroxyl groups is 4. The summed E-state index contributed by atoms with van der Waals surface area (Å²) >= 11 is 4.57. The molecule has 6 fully saturated rings. The van der Waals surface area contributed by atoms with Gasteiger partial charge in [0.15, 0.2) is 20.0 Å². The topological polar surface area (TPSA) is 430 Å². The highest BCUT2D eigenvalue weighted by Crippen LogP contribution is 2.45. The lowest BCUT2D eigenvalue weighted by Crippen LogP contribution is -2.41. The Balaban J connectivity index is 0.000000172. The Morgan fingerprint density at radius 3 is 1.00 bits per heavy atom. The van der Waals surface area contributed by atoms with E-state index in [1.54, 1.807) is 87.1 Å². The molecule has 8 aromatic heterocycles. The molecule has 5 aliphatic heterocycles. The van der Waals surface area contributed by atoms with E-state index < -0.39 is 76.9 Å². The number of hydrogen-bond donors (Lipinski definition) is 12. The number of aromatic nitrogens is 8. The first-order chi connectivity index (χ1) is 62.4. The number of fused-ring (bicyclic) bond motifs is 2. The molecule has 0 unspecified atom stereocenters. The molecule has 728 valence electrons. The van der Waals surface area contributed by atoms with Crippen LogP contribution in [0, 0.1) is 27.7 Å². The number of nitrogens with one attached hydrogen (secondary N) is 8. The summed E-state index contributed by atoms with van der Waals surface area (Å²) in [6, 6.07) is 8.36. The molecule has 38 heteroatoms. The number of carbonyl (C=O) groups is 8. The second-order valence-corrected chi connectivity index (χ2v) is 44.8. The van der Waals surface area contributed by atoms with E-state index in [-0.39, 0.29) is 123 Å². The molecule has 0 radical (unpaired) electrons. The van der Waals surface area contributed by atoms with Gasteiger partial charge in [-0.3, -0.25) is 38.4 Å². The third-order valence-electron chi connectivity index (χ3n) is 23.6. The molecule has 13 heterocycles. The van der Waals surface area contributed by atoms with Gasteiger partial charge >= 0.3 is 0 Å². The third kappa shape index (κ3) is 27.2. The largest absolute Gasteiger partial charge is 0.389 e. The van der Waals surface area contributed by atoms with Crippen molar-refractivity contribution >= 4 is 116 Å². The van der Waals surface area contributed by atoms with E-state index in [4.69, 9.17) is 0 Å². The molecule has 0 spiro atoms. The van der Waals surface area contributed by atoms with Crippen molar-refractivity contribution in [1.29, 1.82) is 0 Å². The third-order valence-corrected chi connectivity index (χ3v) is 28.0. The molecule has 14 rings (SSSR count). The maximum absolute atomic E-state index is 14.0. The van der Waals surface area contributed by atoms with E-state index in [0.29, 0.717) is 55.4 Å². The molecule has 8 amide bonds.